The Morgan fingerprint density at radius 3 is 2.72 bits per heavy atom. The highest BCUT2D eigenvalue weighted by Crippen LogP contribution is 2.28. The van der Waals surface area contributed by atoms with E-state index in [1.54, 1.807) is 0 Å². The number of hydrogen-bond acceptors (Lipinski definition) is 5. The van der Waals surface area contributed by atoms with Gasteiger partial charge in [0.25, 0.3) is 0 Å². The number of ether oxygens (including phenoxy) is 1. The molecule has 0 fully saturated rings. The van der Waals surface area contributed by atoms with Crippen LogP contribution >= 0.6 is 23.4 Å². The Kier molecular flexibility index (Phi) is 5.60. The summed E-state index contributed by atoms with van der Waals surface area (Å²) >= 11 is 7.50. The number of fused-ring (bicyclic) bond motifs is 3. The van der Waals surface area contributed by atoms with Crippen LogP contribution < -0.4 is 10.1 Å². The molecule has 29 heavy (non-hydrogen) atoms. The number of carbonyl (C=O) groups excluding carboxylic acids is 1. The highest BCUT2D eigenvalue weighted by atomic mass is 35.5. The fourth-order valence-corrected chi connectivity index (χ4v) is 4.04. The van der Waals surface area contributed by atoms with Gasteiger partial charge in [-0.25, -0.2) is 0 Å². The van der Waals surface area contributed by atoms with Crippen molar-refractivity contribution < 1.29 is 9.53 Å². The van der Waals surface area contributed by atoms with Gasteiger partial charge in [-0.05, 0) is 67.9 Å². The van der Waals surface area contributed by atoms with Crippen molar-refractivity contribution in [3.63, 3.8) is 0 Å². The molecule has 8 heteroatoms. The predicted molar refractivity (Wildman–Crippen MR) is 117 cm³/mol. The van der Waals surface area contributed by atoms with Crippen molar-refractivity contribution in [2.24, 2.45) is 0 Å². The van der Waals surface area contributed by atoms with Gasteiger partial charge in [0.15, 0.2) is 10.8 Å². The summed E-state index contributed by atoms with van der Waals surface area (Å²) in [5.41, 5.74) is 3.50. The summed E-state index contributed by atoms with van der Waals surface area (Å²) in [6.07, 6.45) is 0. The van der Waals surface area contributed by atoms with Gasteiger partial charge in [0, 0.05) is 16.1 Å². The van der Waals surface area contributed by atoms with Crippen LogP contribution in [0.3, 0.4) is 0 Å². The molecule has 0 unspecified atom stereocenters. The normalized spacial score (nSPS) is 11.1. The van der Waals surface area contributed by atoms with Crippen LogP contribution in [0.1, 0.15) is 12.5 Å². The molecule has 1 N–H and O–H groups in total. The van der Waals surface area contributed by atoms with Gasteiger partial charge in [0.05, 0.1) is 17.9 Å². The quantitative estimate of drug-likeness (QED) is 0.440. The van der Waals surface area contributed by atoms with Gasteiger partial charge in [0.1, 0.15) is 5.75 Å². The molecular formula is C21H19ClN4O2S. The van der Waals surface area contributed by atoms with Crippen molar-refractivity contribution in [2.45, 2.75) is 19.0 Å². The standard InChI is InChI=1S/C21H19ClN4O2S/c1-3-28-16-7-5-15(6-8-16)23-20(27)12-29-21-25-24-19-10-13(2)17-11-14(22)4-9-18(17)26(19)21/h4-11H,3,12H2,1-2H3,(H,23,27). The van der Waals surface area contributed by atoms with Gasteiger partial charge < -0.3 is 10.1 Å². The average molecular weight is 427 g/mol. The Labute approximate surface area is 177 Å². The second-order valence-electron chi connectivity index (χ2n) is 6.46. The molecule has 2 aromatic heterocycles. The number of halogens is 1. The van der Waals surface area contributed by atoms with Crippen molar-refractivity contribution in [3.8, 4) is 5.75 Å². The van der Waals surface area contributed by atoms with Crippen molar-refractivity contribution in [1.29, 1.82) is 0 Å². The van der Waals surface area contributed by atoms with Crippen LogP contribution in [0, 0.1) is 6.92 Å². The monoisotopic (exact) mass is 426 g/mol. The van der Waals surface area contributed by atoms with Crippen molar-refractivity contribution in [3.05, 3.63) is 59.1 Å². The molecule has 0 aliphatic rings. The molecule has 0 bridgehead atoms. The van der Waals surface area contributed by atoms with Crippen LogP contribution in [0.25, 0.3) is 16.6 Å². The van der Waals surface area contributed by atoms with E-state index in [-0.39, 0.29) is 11.7 Å². The molecule has 2 heterocycles. The number of rotatable bonds is 6. The summed E-state index contributed by atoms with van der Waals surface area (Å²) in [6.45, 7) is 4.56. The molecule has 4 aromatic rings. The topological polar surface area (TPSA) is 68.5 Å². The van der Waals surface area contributed by atoms with E-state index in [9.17, 15) is 4.79 Å². The molecular weight excluding hydrogens is 408 g/mol. The van der Waals surface area contributed by atoms with Crippen LogP contribution in [0.2, 0.25) is 5.02 Å². The van der Waals surface area contributed by atoms with Gasteiger partial charge in [-0.15, -0.1) is 10.2 Å². The Morgan fingerprint density at radius 1 is 1.17 bits per heavy atom. The third kappa shape index (κ3) is 4.16. The summed E-state index contributed by atoms with van der Waals surface area (Å²) in [7, 11) is 0. The molecule has 148 valence electrons. The van der Waals surface area contributed by atoms with E-state index in [1.165, 1.54) is 11.8 Å². The number of thioether (sulfide) groups is 1. The van der Waals surface area contributed by atoms with E-state index in [0.29, 0.717) is 16.8 Å². The number of carbonyl (C=O) groups is 1. The smallest absolute Gasteiger partial charge is 0.234 e. The minimum atomic E-state index is -0.115. The first-order valence-corrected chi connectivity index (χ1v) is 10.5. The summed E-state index contributed by atoms with van der Waals surface area (Å²) < 4.78 is 7.36. The molecule has 0 atom stereocenters. The zero-order valence-corrected chi connectivity index (χ0v) is 17.5. The molecule has 6 nitrogen and oxygen atoms in total. The van der Waals surface area contributed by atoms with Gasteiger partial charge in [-0.1, -0.05) is 23.4 Å². The van der Waals surface area contributed by atoms with Gasteiger partial charge >= 0.3 is 0 Å². The van der Waals surface area contributed by atoms with Crippen LogP contribution in [0.4, 0.5) is 5.69 Å². The maximum atomic E-state index is 12.4. The highest BCUT2D eigenvalue weighted by molar-refractivity contribution is 7.99. The lowest BCUT2D eigenvalue weighted by Gasteiger charge is -2.09. The fourth-order valence-electron chi connectivity index (χ4n) is 3.11. The van der Waals surface area contributed by atoms with E-state index in [4.69, 9.17) is 16.3 Å². The summed E-state index contributed by atoms with van der Waals surface area (Å²) in [6, 6.07) is 15.0. The van der Waals surface area contributed by atoms with Crippen LogP contribution in [0.5, 0.6) is 5.75 Å². The molecule has 0 saturated heterocycles. The number of aryl methyl sites for hydroxylation is 1. The van der Waals surface area contributed by atoms with Crippen molar-refractivity contribution >= 4 is 51.5 Å². The number of benzene rings is 2. The molecule has 2 aromatic carbocycles. The van der Waals surface area contributed by atoms with Crippen molar-refractivity contribution in [1.82, 2.24) is 14.6 Å². The minimum absolute atomic E-state index is 0.115. The summed E-state index contributed by atoms with van der Waals surface area (Å²) in [5.74, 6) is 0.879. The van der Waals surface area contributed by atoms with Crippen LogP contribution in [-0.2, 0) is 4.79 Å². The van der Waals surface area contributed by atoms with Gasteiger partial charge in [-0.2, -0.15) is 0 Å². The summed E-state index contributed by atoms with van der Waals surface area (Å²) in [5, 5.41) is 13.8. The van der Waals surface area contributed by atoms with Crippen LogP contribution in [0.15, 0.2) is 53.7 Å². The van der Waals surface area contributed by atoms with Gasteiger partial charge in [0.2, 0.25) is 5.91 Å². The van der Waals surface area contributed by atoms with E-state index < -0.39 is 0 Å². The minimum Gasteiger partial charge on any atom is -0.494 e. The first kappa shape index (κ1) is 19.5. The maximum Gasteiger partial charge on any atom is 0.234 e. The Bertz CT molecular complexity index is 1190. The SMILES string of the molecule is CCOc1ccc(NC(=O)CSc2nnc3cc(C)c4cc(Cl)ccc4n23)cc1. The maximum absolute atomic E-state index is 12.4. The third-order valence-corrected chi connectivity index (χ3v) is 5.57. The number of aromatic nitrogens is 3. The fraction of sp³-hybridized carbons (Fsp3) is 0.190. The zero-order valence-electron chi connectivity index (χ0n) is 16.0. The second-order valence-corrected chi connectivity index (χ2v) is 7.84. The first-order valence-electron chi connectivity index (χ1n) is 9.14. The Morgan fingerprint density at radius 2 is 1.97 bits per heavy atom. The number of hydrogen-bond donors (Lipinski definition) is 1. The number of pyridine rings is 1. The van der Waals surface area contributed by atoms with Crippen LogP contribution in [-0.4, -0.2) is 32.9 Å². The number of nitrogens with zero attached hydrogens (tertiary/aromatic N) is 3. The molecule has 4 rings (SSSR count). The lowest BCUT2D eigenvalue weighted by molar-refractivity contribution is -0.113. The lowest BCUT2D eigenvalue weighted by atomic mass is 10.1. The summed E-state index contributed by atoms with van der Waals surface area (Å²) in [4.78, 5) is 12.4. The Balaban J connectivity index is 1.51. The Hall–Kier alpha value is -2.77. The number of anilines is 1. The lowest BCUT2D eigenvalue weighted by Crippen LogP contribution is -2.14. The zero-order chi connectivity index (χ0) is 20.4. The molecule has 0 aliphatic carbocycles. The number of amides is 1. The van der Waals surface area contributed by atoms with Gasteiger partial charge in [-0.3, -0.25) is 9.20 Å². The average Bonchev–Trinajstić information content (AvgIpc) is 3.11. The van der Waals surface area contributed by atoms with E-state index >= 15 is 0 Å². The van der Waals surface area contributed by atoms with E-state index in [2.05, 4.69) is 15.5 Å². The van der Waals surface area contributed by atoms with E-state index in [0.717, 1.165) is 33.6 Å². The van der Waals surface area contributed by atoms with E-state index in [1.807, 2.05) is 66.8 Å². The largest absolute Gasteiger partial charge is 0.494 e. The molecule has 0 spiro atoms. The molecule has 0 aliphatic heterocycles. The molecule has 1 amide bonds. The number of nitrogens with one attached hydrogen (secondary N) is 1. The van der Waals surface area contributed by atoms with Crippen molar-refractivity contribution in [2.75, 3.05) is 17.7 Å². The predicted octanol–water partition coefficient (Wildman–Crippen LogP) is 4.97. The first-order chi connectivity index (χ1) is 14.0. The molecule has 0 saturated carbocycles. The second kappa shape index (κ2) is 8.31. The third-order valence-electron chi connectivity index (χ3n) is 4.41. The highest BCUT2D eigenvalue weighted by Gasteiger charge is 2.13. The molecule has 0 radical (unpaired) electrons.